The van der Waals surface area contributed by atoms with Crippen molar-refractivity contribution in [2.24, 2.45) is 5.92 Å². The van der Waals surface area contributed by atoms with Crippen LogP contribution in [-0.4, -0.2) is 36.9 Å². The summed E-state index contributed by atoms with van der Waals surface area (Å²) in [5.74, 6) is -1.42. The summed E-state index contributed by atoms with van der Waals surface area (Å²) in [6.45, 7) is 9.54. The third-order valence-corrected chi connectivity index (χ3v) is 4.83. The molecular formula is C23H30N4O3. The fourth-order valence-electron chi connectivity index (χ4n) is 3.03. The molecule has 0 radical (unpaired) electrons. The van der Waals surface area contributed by atoms with E-state index in [-0.39, 0.29) is 11.8 Å². The summed E-state index contributed by atoms with van der Waals surface area (Å²) in [6, 6.07) is 15.1. The summed E-state index contributed by atoms with van der Waals surface area (Å²) >= 11 is 0. The van der Waals surface area contributed by atoms with Gasteiger partial charge in [-0.3, -0.25) is 25.2 Å². The number of hydrogen-bond acceptors (Lipinski definition) is 4. The van der Waals surface area contributed by atoms with Gasteiger partial charge in [0, 0.05) is 29.9 Å². The molecule has 0 aliphatic rings. The number of carbonyl (C=O) groups excluding carboxylic acids is 3. The van der Waals surface area contributed by atoms with Gasteiger partial charge in [-0.2, -0.15) is 0 Å². The van der Waals surface area contributed by atoms with Gasteiger partial charge in [-0.25, -0.2) is 0 Å². The number of hydrogen-bond donors (Lipinski definition) is 3. The van der Waals surface area contributed by atoms with E-state index in [4.69, 9.17) is 0 Å². The van der Waals surface area contributed by atoms with Crippen molar-refractivity contribution in [2.45, 2.75) is 33.7 Å². The molecule has 0 spiro atoms. The van der Waals surface area contributed by atoms with Crippen LogP contribution < -0.4 is 21.1 Å². The van der Waals surface area contributed by atoms with Gasteiger partial charge in [0.15, 0.2) is 0 Å². The highest BCUT2D eigenvalue weighted by molar-refractivity contribution is 5.99. The Hall–Kier alpha value is -3.35. The summed E-state index contributed by atoms with van der Waals surface area (Å²) in [5, 5.41) is 2.72. The minimum atomic E-state index is -0.789. The monoisotopic (exact) mass is 410 g/mol. The number of amides is 3. The molecule has 7 nitrogen and oxygen atoms in total. The van der Waals surface area contributed by atoms with Crippen LogP contribution in [0.3, 0.4) is 0 Å². The van der Waals surface area contributed by atoms with Crippen LogP contribution in [0.2, 0.25) is 0 Å². The fraction of sp³-hybridized carbons (Fsp3) is 0.348. The van der Waals surface area contributed by atoms with Gasteiger partial charge < -0.3 is 10.2 Å². The van der Waals surface area contributed by atoms with Crippen molar-refractivity contribution in [3.8, 4) is 0 Å². The highest BCUT2D eigenvalue weighted by Gasteiger charge is 2.25. The number of benzene rings is 2. The maximum absolute atomic E-state index is 12.6. The van der Waals surface area contributed by atoms with Crippen LogP contribution in [0, 0.1) is 5.92 Å². The van der Waals surface area contributed by atoms with E-state index in [1.165, 1.54) is 0 Å². The Morgan fingerprint density at radius 2 is 1.37 bits per heavy atom. The number of anilines is 1. The van der Waals surface area contributed by atoms with Crippen LogP contribution >= 0.6 is 0 Å². The molecule has 3 amide bonds. The van der Waals surface area contributed by atoms with Gasteiger partial charge in [-0.1, -0.05) is 32.0 Å². The highest BCUT2D eigenvalue weighted by Crippen LogP contribution is 2.14. The van der Waals surface area contributed by atoms with E-state index in [0.717, 1.165) is 18.8 Å². The van der Waals surface area contributed by atoms with Crippen LogP contribution in [0.15, 0.2) is 54.6 Å². The van der Waals surface area contributed by atoms with Crippen molar-refractivity contribution in [1.82, 2.24) is 16.2 Å². The molecule has 1 unspecified atom stereocenters. The lowest BCUT2D eigenvalue weighted by molar-refractivity contribution is -0.124. The first kappa shape index (κ1) is 22.9. The molecule has 2 aromatic rings. The molecule has 0 heterocycles. The number of nitrogens with one attached hydrogen (secondary N) is 3. The maximum Gasteiger partial charge on any atom is 0.269 e. The number of nitrogens with zero attached hydrogens (tertiary/aromatic N) is 1. The lowest BCUT2D eigenvalue weighted by atomic mass is 10.0. The average Bonchev–Trinajstić information content (AvgIpc) is 2.77. The number of rotatable bonds is 8. The Bertz CT molecular complexity index is 847. The zero-order valence-electron chi connectivity index (χ0n) is 17.9. The molecule has 0 saturated heterocycles. The van der Waals surface area contributed by atoms with E-state index in [2.05, 4.69) is 34.9 Å². The van der Waals surface area contributed by atoms with E-state index >= 15 is 0 Å². The minimum Gasteiger partial charge on any atom is -0.372 e. The topological polar surface area (TPSA) is 90.5 Å². The lowest BCUT2D eigenvalue weighted by Crippen LogP contribution is -2.54. The predicted molar refractivity (Wildman–Crippen MR) is 118 cm³/mol. The molecule has 3 N–H and O–H groups in total. The first-order chi connectivity index (χ1) is 14.4. The molecule has 0 aliphatic heterocycles. The minimum absolute atomic E-state index is 0.164. The first-order valence-electron chi connectivity index (χ1n) is 10.2. The zero-order chi connectivity index (χ0) is 22.1. The van der Waals surface area contributed by atoms with E-state index in [0.29, 0.717) is 11.1 Å². The molecule has 2 rings (SSSR count). The van der Waals surface area contributed by atoms with Gasteiger partial charge >= 0.3 is 0 Å². The van der Waals surface area contributed by atoms with Crippen molar-refractivity contribution in [2.75, 3.05) is 18.0 Å². The van der Waals surface area contributed by atoms with Gasteiger partial charge in [-0.15, -0.1) is 0 Å². The van der Waals surface area contributed by atoms with Crippen molar-refractivity contribution in [3.63, 3.8) is 0 Å². The third-order valence-electron chi connectivity index (χ3n) is 4.83. The zero-order valence-corrected chi connectivity index (χ0v) is 17.9. The second-order valence-corrected chi connectivity index (χ2v) is 7.22. The maximum atomic E-state index is 12.6. The second-order valence-electron chi connectivity index (χ2n) is 7.22. The summed E-state index contributed by atoms with van der Waals surface area (Å²) in [7, 11) is 0. The molecule has 30 heavy (non-hydrogen) atoms. The smallest absolute Gasteiger partial charge is 0.269 e. The molecule has 0 fully saturated rings. The van der Waals surface area contributed by atoms with Crippen LogP contribution in [0.1, 0.15) is 48.4 Å². The molecular weight excluding hydrogens is 380 g/mol. The third kappa shape index (κ3) is 6.07. The molecule has 0 bridgehead atoms. The van der Waals surface area contributed by atoms with Crippen molar-refractivity contribution < 1.29 is 14.4 Å². The Morgan fingerprint density at radius 3 is 1.90 bits per heavy atom. The summed E-state index contributed by atoms with van der Waals surface area (Å²) in [6.07, 6.45) is 0. The summed E-state index contributed by atoms with van der Waals surface area (Å²) < 4.78 is 0. The Morgan fingerprint density at radius 1 is 0.800 bits per heavy atom. The van der Waals surface area contributed by atoms with Crippen molar-refractivity contribution in [1.29, 1.82) is 0 Å². The standard InChI is InChI=1S/C23H30N4O3/c1-5-27(6-2)19-14-12-18(13-15-19)22(29)25-26-23(30)20(16(3)4)24-21(28)17-10-8-7-9-11-17/h7-16,20H,5-6H2,1-4H3,(H,24,28)(H,25,29)(H,26,30). The quantitative estimate of drug-likeness (QED) is 0.584. The lowest BCUT2D eigenvalue weighted by Gasteiger charge is -2.22. The van der Waals surface area contributed by atoms with Gasteiger partial charge in [0.2, 0.25) is 0 Å². The Kier molecular flexibility index (Phi) is 8.41. The molecule has 160 valence electrons. The van der Waals surface area contributed by atoms with E-state index < -0.39 is 17.9 Å². The molecule has 0 aliphatic carbocycles. The second kappa shape index (κ2) is 11.0. The van der Waals surface area contributed by atoms with E-state index in [1.807, 2.05) is 32.0 Å². The molecule has 0 aromatic heterocycles. The van der Waals surface area contributed by atoms with E-state index in [9.17, 15) is 14.4 Å². The number of hydrazine groups is 1. The van der Waals surface area contributed by atoms with Crippen LogP contribution in [0.4, 0.5) is 5.69 Å². The first-order valence-corrected chi connectivity index (χ1v) is 10.2. The van der Waals surface area contributed by atoms with E-state index in [1.54, 1.807) is 36.4 Å². The van der Waals surface area contributed by atoms with Crippen LogP contribution in [0.25, 0.3) is 0 Å². The summed E-state index contributed by atoms with van der Waals surface area (Å²) in [5.41, 5.74) is 6.76. The van der Waals surface area contributed by atoms with Gasteiger partial charge in [0.1, 0.15) is 6.04 Å². The van der Waals surface area contributed by atoms with Gasteiger partial charge in [0.05, 0.1) is 0 Å². The fourth-order valence-corrected chi connectivity index (χ4v) is 3.03. The largest absolute Gasteiger partial charge is 0.372 e. The SMILES string of the molecule is CCN(CC)c1ccc(C(=O)NNC(=O)C(NC(=O)c2ccccc2)C(C)C)cc1. The molecule has 7 heteroatoms. The Balaban J connectivity index is 1.96. The van der Waals surface area contributed by atoms with Gasteiger partial charge in [0.25, 0.3) is 17.7 Å². The van der Waals surface area contributed by atoms with Gasteiger partial charge in [-0.05, 0) is 56.2 Å². The van der Waals surface area contributed by atoms with Crippen molar-refractivity contribution >= 4 is 23.4 Å². The average molecular weight is 411 g/mol. The predicted octanol–water partition coefficient (Wildman–Crippen LogP) is 2.75. The van der Waals surface area contributed by atoms with Crippen LogP contribution in [0.5, 0.6) is 0 Å². The Labute approximate surface area is 177 Å². The highest BCUT2D eigenvalue weighted by atomic mass is 16.2. The molecule has 2 aromatic carbocycles. The number of carbonyl (C=O) groups is 3. The van der Waals surface area contributed by atoms with Crippen molar-refractivity contribution in [3.05, 3.63) is 65.7 Å². The summed E-state index contributed by atoms with van der Waals surface area (Å²) in [4.78, 5) is 39.5. The molecule has 1 atom stereocenters. The van der Waals surface area contributed by atoms with Crippen LogP contribution in [-0.2, 0) is 4.79 Å². The molecule has 0 saturated carbocycles. The normalized spacial score (nSPS) is 11.5.